The van der Waals surface area contributed by atoms with Gasteiger partial charge in [-0.05, 0) is 0 Å². The number of nitrogens with two attached hydrogens (primary N) is 1. The van der Waals surface area contributed by atoms with E-state index >= 15 is 0 Å². The summed E-state index contributed by atoms with van der Waals surface area (Å²) in [6.07, 6.45) is 0. The predicted octanol–water partition coefficient (Wildman–Crippen LogP) is 0.396. The fraction of sp³-hybridized carbons (Fsp3) is 0. The second-order valence-corrected chi connectivity index (χ2v) is 1.06. The van der Waals surface area contributed by atoms with Crippen molar-refractivity contribution in [1.82, 2.24) is 5.16 Å². The Morgan fingerprint density at radius 1 is 1.86 bits per heavy atom. The second kappa shape index (κ2) is 1.22. The van der Waals surface area contributed by atoms with Gasteiger partial charge in [-0.25, -0.2) is 0 Å². The first kappa shape index (κ1) is 4.11. The first-order chi connectivity index (χ1) is 3.29. The Morgan fingerprint density at radius 2 is 2.57 bits per heavy atom. The molecular formula is C3H3FN2O. The average Bonchev–Trinajstić information content (AvgIpc) is 1.87. The molecular weight excluding hydrogens is 99.0 g/mol. The fourth-order valence-electron chi connectivity index (χ4n) is 0.265. The van der Waals surface area contributed by atoms with Crippen LogP contribution in [0, 0.1) is 6.01 Å². The minimum atomic E-state index is -0.752. The van der Waals surface area contributed by atoms with Gasteiger partial charge in [0.2, 0.25) is 0 Å². The van der Waals surface area contributed by atoms with Crippen molar-refractivity contribution in [3.05, 3.63) is 12.1 Å². The average molecular weight is 102 g/mol. The van der Waals surface area contributed by atoms with Crippen LogP contribution in [-0.2, 0) is 0 Å². The Hall–Kier alpha value is -1.06. The highest BCUT2D eigenvalue weighted by Crippen LogP contribution is 1.99. The van der Waals surface area contributed by atoms with E-state index in [4.69, 9.17) is 5.73 Å². The van der Waals surface area contributed by atoms with E-state index in [-0.39, 0.29) is 5.82 Å². The molecule has 0 spiro atoms. The lowest BCUT2D eigenvalue weighted by Crippen LogP contribution is -1.79. The van der Waals surface area contributed by atoms with E-state index in [1.807, 2.05) is 0 Å². The van der Waals surface area contributed by atoms with Crippen molar-refractivity contribution in [2.75, 3.05) is 5.73 Å². The summed E-state index contributed by atoms with van der Waals surface area (Å²) in [6, 6.07) is 0.248. The molecule has 0 bridgehead atoms. The van der Waals surface area contributed by atoms with E-state index < -0.39 is 6.01 Å². The normalized spacial score (nSPS) is 9.29. The van der Waals surface area contributed by atoms with Gasteiger partial charge in [-0.15, -0.1) is 0 Å². The Morgan fingerprint density at radius 3 is 2.71 bits per heavy atom. The van der Waals surface area contributed by atoms with Crippen LogP contribution in [-0.4, -0.2) is 5.16 Å². The molecule has 0 fully saturated rings. The lowest BCUT2D eigenvalue weighted by atomic mass is 10.7. The smallest absolute Gasteiger partial charge is 0.308 e. The summed E-state index contributed by atoms with van der Waals surface area (Å²) < 4.78 is 15.5. The van der Waals surface area contributed by atoms with Gasteiger partial charge in [0, 0.05) is 0 Å². The second-order valence-electron chi connectivity index (χ2n) is 1.06. The number of hydrogen-bond acceptors (Lipinski definition) is 3. The predicted molar refractivity (Wildman–Crippen MR) is 20.9 cm³/mol. The standard InChI is InChI=1S/C3H3FN2O/c4-2-1-3(5)6-7-2/h1H,(H2,5,6). The largest absolute Gasteiger partial charge is 0.381 e. The summed E-state index contributed by atoms with van der Waals surface area (Å²) in [5.41, 5.74) is 4.93. The van der Waals surface area contributed by atoms with E-state index in [0.717, 1.165) is 6.07 Å². The van der Waals surface area contributed by atoms with E-state index in [1.54, 1.807) is 0 Å². The van der Waals surface area contributed by atoms with Crippen LogP contribution in [0.1, 0.15) is 0 Å². The zero-order valence-electron chi connectivity index (χ0n) is 3.39. The van der Waals surface area contributed by atoms with Gasteiger partial charge >= 0.3 is 6.01 Å². The molecule has 0 aromatic carbocycles. The number of aromatic nitrogens is 1. The Labute approximate surface area is 38.9 Å². The molecule has 0 amide bonds. The molecule has 0 aliphatic rings. The molecule has 1 aromatic rings. The van der Waals surface area contributed by atoms with Crippen LogP contribution in [0.25, 0.3) is 0 Å². The number of hydrogen-bond donors (Lipinski definition) is 1. The molecule has 0 atom stereocenters. The number of anilines is 1. The Kier molecular flexibility index (Phi) is 0.714. The molecule has 0 saturated heterocycles. The molecule has 3 nitrogen and oxygen atoms in total. The molecule has 4 heteroatoms. The number of nitrogen functional groups attached to an aromatic ring is 1. The van der Waals surface area contributed by atoms with Crippen molar-refractivity contribution in [3.8, 4) is 0 Å². The highest BCUT2D eigenvalue weighted by molar-refractivity contribution is 5.22. The summed E-state index contributed by atoms with van der Waals surface area (Å²) in [4.78, 5) is 0. The van der Waals surface area contributed by atoms with Crippen LogP contribution in [0.2, 0.25) is 0 Å². The third-order valence-corrected chi connectivity index (χ3v) is 0.500. The van der Waals surface area contributed by atoms with E-state index in [0.29, 0.717) is 0 Å². The van der Waals surface area contributed by atoms with Crippen LogP contribution in [0.3, 0.4) is 0 Å². The van der Waals surface area contributed by atoms with Crippen molar-refractivity contribution in [2.45, 2.75) is 0 Å². The van der Waals surface area contributed by atoms with Crippen LogP contribution >= 0.6 is 0 Å². The molecule has 0 aliphatic heterocycles. The molecule has 0 aliphatic carbocycles. The van der Waals surface area contributed by atoms with Gasteiger partial charge in [-0.2, -0.15) is 4.39 Å². The van der Waals surface area contributed by atoms with E-state index in [2.05, 4.69) is 9.68 Å². The van der Waals surface area contributed by atoms with Crippen LogP contribution < -0.4 is 5.73 Å². The van der Waals surface area contributed by atoms with Gasteiger partial charge in [0.1, 0.15) is 0 Å². The van der Waals surface area contributed by atoms with Crippen LogP contribution in [0.5, 0.6) is 0 Å². The maximum absolute atomic E-state index is 11.6. The Balaban J connectivity index is 3.04. The lowest BCUT2D eigenvalue weighted by Gasteiger charge is -1.64. The SMILES string of the molecule is Nc1cc(F)on1. The van der Waals surface area contributed by atoms with E-state index in [1.165, 1.54) is 0 Å². The Bertz CT molecular complexity index is 145. The fourth-order valence-corrected chi connectivity index (χ4v) is 0.265. The van der Waals surface area contributed by atoms with Crippen molar-refractivity contribution < 1.29 is 8.91 Å². The van der Waals surface area contributed by atoms with Crippen molar-refractivity contribution in [3.63, 3.8) is 0 Å². The maximum atomic E-state index is 11.6. The maximum Gasteiger partial charge on any atom is 0.308 e. The minimum Gasteiger partial charge on any atom is -0.381 e. The summed E-state index contributed by atoms with van der Waals surface area (Å²) in [5, 5.41) is 3.04. The van der Waals surface area contributed by atoms with Gasteiger partial charge in [-0.3, -0.25) is 0 Å². The molecule has 1 heterocycles. The molecule has 1 aromatic heterocycles. The van der Waals surface area contributed by atoms with Crippen molar-refractivity contribution in [1.29, 1.82) is 0 Å². The summed E-state index contributed by atoms with van der Waals surface area (Å²) in [7, 11) is 0. The van der Waals surface area contributed by atoms with E-state index in [9.17, 15) is 4.39 Å². The summed E-state index contributed by atoms with van der Waals surface area (Å²) in [6.45, 7) is 0. The number of halogens is 1. The summed E-state index contributed by atoms with van der Waals surface area (Å²) >= 11 is 0. The molecule has 0 saturated carbocycles. The van der Waals surface area contributed by atoms with Gasteiger partial charge in [0.25, 0.3) is 0 Å². The summed E-state index contributed by atoms with van der Waals surface area (Å²) in [5.74, 6) is 0.0671. The first-order valence-electron chi connectivity index (χ1n) is 1.67. The minimum absolute atomic E-state index is 0.0671. The van der Waals surface area contributed by atoms with Crippen LogP contribution in [0.15, 0.2) is 10.6 Å². The monoisotopic (exact) mass is 102 g/mol. The molecule has 38 valence electrons. The zero-order chi connectivity index (χ0) is 5.28. The molecule has 2 N–H and O–H groups in total. The molecule has 0 unspecified atom stereocenters. The highest BCUT2D eigenvalue weighted by atomic mass is 19.1. The van der Waals surface area contributed by atoms with Gasteiger partial charge < -0.3 is 10.3 Å². The quantitative estimate of drug-likeness (QED) is 0.515. The highest BCUT2D eigenvalue weighted by Gasteiger charge is 1.93. The number of rotatable bonds is 0. The molecule has 1 rings (SSSR count). The third kappa shape index (κ3) is 0.677. The first-order valence-corrected chi connectivity index (χ1v) is 1.67. The van der Waals surface area contributed by atoms with Crippen molar-refractivity contribution >= 4 is 5.82 Å². The van der Waals surface area contributed by atoms with Gasteiger partial charge in [0.05, 0.1) is 6.07 Å². The van der Waals surface area contributed by atoms with Crippen LogP contribution in [0.4, 0.5) is 10.2 Å². The number of nitrogens with zero attached hydrogens (tertiary/aromatic N) is 1. The third-order valence-electron chi connectivity index (χ3n) is 0.500. The molecule has 7 heavy (non-hydrogen) atoms. The zero-order valence-corrected chi connectivity index (χ0v) is 3.39. The van der Waals surface area contributed by atoms with Gasteiger partial charge in [-0.1, -0.05) is 5.16 Å². The van der Waals surface area contributed by atoms with Crippen molar-refractivity contribution in [2.24, 2.45) is 0 Å². The lowest BCUT2D eigenvalue weighted by molar-refractivity contribution is 0.283. The molecule has 0 radical (unpaired) electrons. The van der Waals surface area contributed by atoms with Gasteiger partial charge in [0.15, 0.2) is 5.82 Å². The topological polar surface area (TPSA) is 52.0 Å².